The summed E-state index contributed by atoms with van der Waals surface area (Å²) in [7, 11) is 2.11. The van der Waals surface area contributed by atoms with Crippen molar-refractivity contribution in [3.63, 3.8) is 0 Å². The van der Waals surface area contributed by atoms with Crippen molar-refractivity contribution in [2.45, 2.75) is 12.8 Å². The van der Waals surface area contributed by atoms with Gasteiger partial charge in [-0.3, -0.25) is 4.79 Å². The highest BCUT2D eigenvalue weighted by molar-refractivity contribution is 5.92. The van der Waals surface area contributed by atoms with Gasteiger partial charge in [-0.25, -0.2) is 4.98 Å². The summed E-state index contributed by atoms with van der Waals surface area (Å²) in [6.45, 7) is 2.85. The van der Waals surface area contributed by atoms with Crippen molar-refractivity contribution in [2.24, 2.45) is 5.92 Å². The van der Waals surface area contributed by atoms with Gasteiger partial charge in [0.2, 0.25) is 0 Å². The van der Waals surface area contributed by atoms with Crippen LogP contribution in [0.5, 0.6) is 0 Å². The van der Waals surface area contributed by atoms with E-state index < -0.39 is 0 Å². The van der Waals surface area contributed by atoms with Crippen molar-refractivity contribution in [3.05, 3.63) is 29.6 Å². The lowest BCUT2D eigenvalue weighted by Gasteiger charge is -2.29. The minimum atomic E-state index is -0.169. The first kappa shape index (κ1) is 13.5. The van der Waals surface area contributed by atoms with E-state index in [1.807, 2.05) is 6.07 Å². The Labute approximate surface area is 113 Å². The molecule has 2 rings (SSSR count). The Morgan fingerprint density at radius 2 is 2.47 bits per heavy atom. The number of hydrogen-bond acceptors (Lipinski definition) is 4. The van der Waals surface area contributed by atoms with Gasteiger partial charge in [0.25, 0.3) is 5.91 Å². The molecule has 1 aliphatic rings. The summed E-state index contributed by atoms with van der Waals surface area (Å²) in [6.07, 6.45) is 3.76. The molecule has 5 heteroatoms. The van der Waals surface area contributed by atoms with Gasteiger partial charge in [0.15, 0.2) is 0 Å². The number of nitriles is 1. The van der Waals surface area contributed by atoms with E-state index in [1.165, 1.54) is 12.6 Å². The van der Waals surface area contributed by atoms with Crippen molar-refractivity contribution in [1.29, 1.82) is 5.26 Å². The van der Waals surface area contributed by atoms with Crippen molar-refractivity contribution in [3.8, 4) is 6.07 Å². The van der Waals surface area contributed by atoms with Gasteiger partial charge in [0.05, 0.1) is 5.56 Å². The zero-order valence-corrected chi connectivity index (χ0v) is 11.1. The third-order valence-corrected chi connectivity index (χ3v) is 3.40. The van der Waals surface area contributed by atoms with Gasteiger partial charge in [0, 0.05) is 19.3 Å². The predicted octanol–water partition coefficient (Wildman–Crippen LogP) is 1.02. The van der Waals surface area contributed by atoms with E-state index >= 15 is 0 Å². The van der Waals surface area contributed by atoms with Crippen molar-refractivity contribution >= 4 is 5.91 Å². The molecule has 1 aromatic rings. The van der Waals surface area contributed by atoms with Gasteiger partial charge >= 0.3 is 0 Å². The van der Waals surface area contributed by atoms with Gasteiger partial charge in [-0.2, -0.15) is 5.26 Å². The molecule has 2 heterocycles. The molecule has 0 aromatic carbocycles. The smallest absolute Gasteiger partial charge is 0.269 e. The van der Waals surface area contributed by atoms with E-state index in [4.69, 9.17) is 5.26 Å². The molecule has 0 radical (unpaired) electrons. The van der Waals surface area contributed by atoms with E-state index in [0.717, 1.165) is 19.5 Å². The average molecular weight is 258 g/mol. The zero-order valence-electron chi connectivity index (χ0n) is 11.1. The van der Waals surface area contributed by atoms with E-state index in [-0.39, 0.29) is 5.91 Å². The molecule has 1 atom stereocenters. The number of aromatic nitrogens is 1. The Morgan fingerprint density at radius 1 is 1.63 bits per heavy atom. The minimum absolute atomic E-state index is 0.169. The molecule has 5 nitrogen and oxygen atoms in total. The predicted molar refractivity (Wildman–Crippen MR) is 71.5 cm³/mol. The van der Waals surface area contributed by atoms with E-state index in [9.17, 15) is 4.79 Å². The molecule has 0 bridgehead atoms. The molecule has 1 aliphatic heterocycles. The largest absolute Gasteiger partial charge is 0.350 e. The van der Waals surface area contributed by atoms with Gasteiger partial charge in [-0.1, -0.05) is 0 Å². The van der Waals surface area contributed by atoms with E-state index in [0.29, 0.717) is 23.7 Å². The van der Waals surface area contributed by atoms with Crippen molar-refractivity contribution in [2.75, 3.05) is 26.7 Å². The molecule has 100 valence electrons. The molecular formula is C14H18N4O. The summed E-state index contributed by atoms with van der Waals surface area (Å²) in [6, 6.07) is 5.17. The monoisotopic (exact) mass is 258 g/mol. The first-order chi connectivity index (χ1) is 9.19. The fourth-order valence-corrected chi connectivity index (χ4v) is 2.36. The summed E-state index contributed by atoms with van der Waals surface area (Å²) in [5.41, 5.74) is 0.827. The second kappa shape index (κ2) is 6.30. The number of rotatable bonds is 3. The number of hydrogen-bond donors (Lipinski definition) is 1. The summed E-state index contributed by atoms with van der Waals surface area (Å²) < 4.78 is 0. The van der Waals surface area contributed by atoms with Gasteiger partial charge < -0.3 is 10.2 Å². The molecular weight excluding hydrogens is 240 g/mol. The number of amides is 1. The minimum Gasteiger partial charge on any atom is -0.350 e. The highest BCUT2D eigenvalue weighted by Gasteiger charge is 2.18. The van der Waals surface area contributed by atoms with Crippen LogP contribution < -0.4 is 5.32 Å². The van der Waals surface area contributed by atoms with Gasteiger partial charge in [-0.15, -0.1) is 0 Å². The summed E-state index contributed by atoms with van der Waals surface area (Å²) >= 11 is 0. The maximum absolute atomic E-state index is 11.9. The Morgan fingerprint density at radius 3 is 3.11 bits per heavy atom. The third kappa shape index (κ3) is 3.76. The second-order valence-electron chi connectivity index (χ2n) is 5.02. The summed E-state index contributed by atoms with van der Waals surface area (Å²) in [5.74, 6) is 0.346. The Bertz CT molecular complexity index is 477. The number of carbonyl (C=O) groups is 1. The average Bonchev–Trinajstić information content (AvgIpc) is 2.45. The molecule has 1 fully saturated rings. The van der Waals surface area contributed by atoms with Crippen LogP contribution in [-0.4, -0.2) is 42.5 Å². The molecule has 0 aliphatic carbocycles. The van der Waals surface area contributed by atoms with Crippen molar-refractivity contribution in [1.82, 2.24) is 15.2 Å². The fraction of sp³-hybridized carbons (Fsp3) is 0.500. The molecule has 1 unspecified atom stereocenters. The lowest BCUT2D eigenvalue weighted by Crippen LogP contribution is -2.39. The first-order valence-electron chi connectivity index (χ1n) is 6.52. The molecule has 0 spiro atoms. The van der Waals surface area contributed by atoms with Crippen LogP contribution in [0, 0.1) is 17.2 Å². The second-order valence-corrected chi connectivity index (χ2v) is 5.02. The SMILES string of the molecule is CN1CCCC(CNC(=O)c2ccc(C#N)cn2)C1. The lowest BCUT2D eigenvalue weighted by molar-refractivity contribution is 0.0932. The number of likely N-dealkylation sites (tertiary alicyclic amines) is 1. The van der Waals surface area contributed by atoms with E-state index in [2.05, 4.69) is 22.2 Å². The molecule has 1 saturated heterocycles. The summed E-state index contributed by atoms with van der Waals surface area (Å²) in [4.78, 5) is 18.2. The maximum atomic E-state index is 11.9. The Balaban J connectivity index is 1.85. The molecule has 1 aromatic heterocycles. The van der Waals surface area contributed by atoms with Gasteiger partial charge in [0.1, 0.15) is 11.8 Å². The molecule has 1 N–H and O–H groups in total. The number of pyridine rings is 1. The van der Waals surface area contributed by atoms with Crippen LogP contribution >= 0.6 is 0 Å². The van der Waals surface area contributed by atoms with Crippen LogP contribution in [0.1, 0.15) is 28.9 Å². The van der Waals surface area contributed by atoms with Gasteiger partial charge in [-0.05, 0) is 44.5 Å². The molecule has 1 amide bonds. The number of piperidine rings is 1. The molecule has 0 saturated carbocycles. The topological polar surface area (TPSA) is 69.0 Å². The number of carbonyl (C=O) groups excluding carboxylic acids is 1. The fourth-order valence-electron chi connectivity index (χ4n) is 2.36. The first-order valence-corrected chi connectivity index (χ1v) is 6.52. The van der Waals surface area contributed by atoms with Crippen LogP contribution in [-0.2, 0) is 0 Å². The van der Waals surface area contributed by atoms with Crippen molar-refractivity contribution < 1.29 is 4.79 Å². The van der Waals surface area contributed by atoms with Crippen LogP contribution in [0.25, 0.3) is 0 Å². The normalized spacial score (nSPS) is 19.7. The lowest BCUT2D eigenvalue weighted by atomic mass is 9.98. The maximum Gasteiger partial charge on any atom is 0.269 e. The standard InChI is InChI=1S/C14H18N4O/c1-18-6-2-3-12(10-18)9-17-14(19)13-5-4-11(7-15)8-16-13/h4-5,8,12H,2-3,6,9-10H2,1H3,(H,17,19). The third-order valence-electron chi connectivity index (χ3n) is 3.40. The highest BCUT2D eigenvalue weighted by Crippen LogP contribution is 2.14. The number of nitrogens with one attached hydrogen (secondary N) is 1. The quantitative estimate of drug-likeness (QED) is 0.879. The van der Waals surface area contributed by atoms with Crippen LogP contribution in [0.15, 0.2) is 18.3 Å². The number of nitrogens with zero attached hydrogens (tertiary/aromatic N) is 3. The molecule has 19 heavy (non-hydrogen) atoms. The van der Waals surface area contributed by atoms with Crippen LogP contribution in [0.4, 0.5) is 0 Å². The van der Waals surface area contributed by atoms with Crippen LogP contribution in [0.3, 0.4) is 0 Å². The summed E-state index contributed by atoms with van der Waals surface area (Å²) in [5, 5.41) is 11.6. The Kier molecular flexibility index (Phi) is 4.48. The Hall–Kier alpha value is -1.93. The van der Waals surface area contributed by atoms with E-state index in [1.54, 1.807) is 12.1 Å². The highest BCUT2D eigenvalue weighted by atomic mass is 16.1. The van der Waals surface area contributed by atoms with Crippen LogP contribution in [0.2, 0.25) is 0 Å². The zero-order chi connectivity index (χ0) is 13.7.